The van der Waals surface area contributed by atoms with Crippen LogP contribution < -0.4 is 11.1 Å². The molecule has 1 aromatic rings. The van der Waals surface area contributed by atoms with Crippen LogP contribution in [-0.4, -0.2) is 17.1 Å². The van der Waals surface area contributed by atoms with Crippen molar-refractivity contribution in [3.63, 3.8) is 0 Å². The van der Waals surface area contributed by atoms with Crippen LogP contribution in [0.4, 0.5) is 0 Å². The van der Waals surface area contributed by atoms with Crippen molar-refractivity contribution in [1.29, 1.82) is 0 Å². The standard InChI is InChI=1S/C13H23N3S/c1-11-12(17-10-16-11)9-15-8-7-13(14)5-3-2-4-6-13/h10,15H,2-9,14H2,1H3. The first kappa shape index (κ1) is 13.0. The first-order valence-corrected chi connectivity index (χ1v) is 7.46. The van der Waals surface area contributed by atoms with E-state index in [4.69, 9.17) is 5.73 Å². The van der Waals surface area contributed by atoms with E-state index in [1.807, 2.05) is 5.51 Å². The highest BCUT2D eigenvalue weighted by Gasteiger charge is 2.26. The topological polar surface area (TPSA) is 50.9 Å². The Morgan fingerprint density at radius 1 is 1.41 bits per heavy atom. The van der Waals surface area contributed by atoms with Crippen molar-refractivity contribution in [3.05, 3.63) is 16.1 Å². The number of nitrogens with zero attached hydrogens (tertiary/aromatic N) is 1. The lowest BCUT2D eigenvalue weighted by Crippen LogP contribution is -2.43. The Bertz CT molecular complexity index is 342. The molecule has 0 amide bonds. The van der Waals surface area contributed by atoms with E-state index >= 15 is 0 Å². The second-order valence-corrected chi connectivity index (χ2v) is 6.15. The third kappa shape index (κ3) is 3.76. The van der Waals surface area contributed by atoms with Crippen LogP contribution in [0, 0.1) is 6.92 Å². The fourth-order valence-electron chi connectivity index (χ4n) is 2.54. The minimum absolute atomic E-state index is 0.105. The lowest BCUT2D eigenvalue weighted by molar-refractivity contribution is 0.275. The van der Waals surface area contributed by atoms with Crippen LogP contribution in [-0.2, 0) is 6.54 Å². The molecule has 1 fully saturated rings. The summed E-state index contributed by atoms with van der Waals surface area (Å²) in [7, 11) is 0. The second kappa shape index (κ2) is 5.94. The molecular formula is C13H23N3S. The maximum Gasteiger partial charge on any atom is 0.0798 e. The van der Waals surface area contributed by atoms with Crippen LogP contribution in [0.15, 0.2) is 5.51 Å². The molecular weight excluding hydrogens is 230 g/mol. The number of nitrogens with two attached hydrogens (primary N) is 1. The number of nitrogens with one attached hydrogen (secondary N) is 1. The first-order chi connectivity index (χ1) is 8.20. The van der Waals surface area contributed by atoms with Gasteiger partial charge in [0, 0.05) is 17.0 Å². The molecule has 96 valence electrons. The molecule has 1 aliphatic rings. The lowest BCUT2D eigenvalue weighted by Gasteiger charge is -2.33. The molecule has 1 aliphatic carbocycles. The zero-order chi connectivity index (χ0) is 12.1. The van der Waals surface area contributed by atoms with Crippen LogP contribution >= 0.6 is 11.3 Å². The monoisotopic (exact) mass is 253 g/mol. The van der Waals surface area contributed by atoms with Crippen LogP contribution in [0.3, 0.4) is 0 Å². The van der Waals surface area contributed by atoms with Crippen molar-refractivity contribution >= 4 is 11.3 Å². The SMILES string of the molecule is Cc1ncsc1CNCCC1(N)CCCCC1. The summed E-state index contributed by atoms with van der Waals surface area (Å²) in [5.74, 6) is 0. The molecule has 0 bridgehead atoms. The van der Waals surface area contributed by atoms with E-state index in [9.17, 15) is 0 Å². The van der Waals surface area contributed by atoms with Gasteiger partial charge in [-0.15, -0.1) is 11.3 Å². The number of aromatic nitrogens is 1. The fraction of sp³-hybridized carbons (Fsp3) is 0.769. The van der Waals surface area contributed by atoms with Crippen molar-refractivity contribution < 1.29 is 0 Å². The highest BCUT2D eigenvalue weighted by molar-refractivity contribution is 7.09. The van der Waals surface area contributed by atoms with E-state index in [1.54, 1.807) is 11.3 Å². The maximum absolute atomic E-state index is 6.40. The highest BCUT2D eigenvalue weighted by Crippen LogP contribution is 2.28. The van der Waals surface area contributed by atoms with Crippen LogP contribution in [0.2, 0.25) is 0 Å². The van der Waals surface area contributed by atoms with Gasteiger partial charge in [0.2, 0.25) is 0 Å². The second-order valence-electron chi connectivity index (χ2n) is 5.21. The molecule has 0 radical (unpaired) electrons. The Morgan fingerprint density at radius 3 is 2.82 bits per heavy atom. The van der Waals surface area contributed by atoms with Gasteiger partial charge < -0.3 is 11.1 Å². The minimum atomic E-state index is 0.105. The van der Waals surface area contributed by atoms with Gasteiger partial charge in [0.15, 0.2) is 0 Å². The molecule has 2 rings (SSSR count). The van der Waals surface area contributed by atoms with Gasteiger partial charge in [0.1, 0.15) is 0 Å². The Labute approximate surface area is 108 Å². The number of hydrogen-bond acceptors (Lipinski definition) is 4. The molecule has 0 aromatic carbocycles. The number of thiazole rings is 1. The molecule has 17 heavy (non-hydrogen) atoms. The van der Waals surface area contributed by atoms with E-state index in [1.165, 1.54) is 37.0 Å². The van der Waals surface area contributed by atoms with Crippen molar-refractivity contribution in [1.82, 2.24) is 10.3 Å². The fourth-order valence-corrected chi connectivity index (χ4v) is 3.29. The molecule has 4 heteroatoms. The molecule has 1 aromatic heterocycles. The summed E-state index contributed by atoms with van der Waals surface area (Å²) in [6.07, 6.45) is 7.49. The summed E-state index contributed by atoms with van der Waals surface area (Å²) < 4.78 is 0. The molecule has 0 saturated heterocycles. The average Bonchev–Trinajstić information content (AvgIpc) is 2.72. The van der Waals surface area contributed by atoms with Gasteiger partial charge in [-0.05, 0) is 32.7 Å². The van der Waals surface area contributed by atoms with Gasteiger partial charge in [-0.2, -0.15) is 0 Å². The summed E-state index contributed by atoms with van der Waals surface area (Å²) in [5, 5.41) is 3.49. The summed E-state index contributed by atoms with van der Waals surface area (Å²) in [6.45, 7) is 4.03. The summed E-state index contributed by atoms with van der Waals surface area (Å²) in [4.78, 5) is 5.60. The van der Waals surface area contributed by atoms with E-state index < -0.39 is 0 Å². The maximum atomic E-state index is 6.40. The van der Waals surface area contributed by atoms with Gasteiger partial charge in [-0.25, -0.2) is 4.98 Å². The zero-order valence-corrected chi connectivity index (χ0v) is 11.5. The molecule has 3 nitrogen and oxygen atoms in total. The molecule has 0 atom stereocenters. The molecule has 1 heterocycles. The Hall–Kier alpha value is -0.450. The Balaban J connectivity index is 1.67. The van der Waals surface area contributed by atoms with Crippen molar-refractivity contribution in [2.24, 2.45) is 5.73 Å². The third-order valence-corrected chi connectivity index (χ3v) is 4.71. The minimum Gasteiger partial charge on any atom is -0.325 e. The van der Waals surface area contributed by atoms with Crippen molar-refractivity contribution in [3.8, 4) is 0 Å². The highest BCUT2D eigenvalue weighted by atomic mass is 32.1. The molecule has 0 aliphatic heterocycles. The van der Waals surface area contributed by atoms with Crippen molar-refractivity contribution in [2.75, 3.05) is 6.54 Å². The van der Waals surface area contributed by atoms with E-state index in [0.717, 1.165) is 25.2 Å². The smallest absolute Gasteiger partial charge is 0.0798 e. The van der Waals surface area contributed by atoms with E-state index in [2.05, 4.69) is 17.2 Å². The van der Waals surface area contributed by atoms with E-state index in [0.29, 0.717) is 0 Å². The van der Waals surface area contributed by atoms with Crippen molar-refractivity contribution in [2.45, 2.75) is 57.5 Å². The number of aryl methyl sites for hydroxylation is 1. The average molecular weight is 253 g/mol. The summed E-state index contributed by atoms with van der Waals surface area (Å²) in [6, 6.07) is 0. The summed E-state index contributed by atoms with van der Waals surface area (Å²) >= 11 is 1.73. The molecule has 0 unspecified atom stereocenters. The molecule has 3 N–H and O–H groups in total. The number of hydrogen-bond donors (Lipinski definition) is 2. The van der Waals surface area contributed by atoms with Crippen LogP contribution in [0.1, 0.15) is 49.1 Å². The quantitative estimate of drug-likeness (QED) is 0.793. The van der Waals surface area contributed by atoms with Crippen LogP contribution in [0.5, 0.6) is 0 Å². The van der Waals surface area contributed by atoms with Gasteiger partial charge in [0.05, 0.1) is 11.2 Å². The predicted octanol–water partition coefficient (Wildman–Crippen LogP) is 2.59. The van der Waals surface area contributed by atoms with Gasteiger partial charge in [-0.3, -0.25) is 0 Å². The normalized spacial score (nSPS) is 19.4. The Morgan fingerprint density at radius 2 is 2.18 bits per heavy atom. The lowest BCUT2D eigenvalue weighted by atomic mass is 9.80. The zero-order valence-electron chi connectivity index (χ0n) is 10.7. The predicted molar refractivity (Wildman–Crippen MR) is 73.2 cm³/mol. The van der Waals surface area contributed by atoms with E-state index in [-0.39, 0.29) is 5.54 Å². The number of rotatable bonds is 5. The summed E-state index contributed by atoms with van der Waals surface area (Å²) in [5.41, 5.74) is 9.57. The first-order valence-electron chi connectivity index (χ1n) is 6.58. The van der Waals surface area contributed by atoms with Gasteiger partial charge in [-0.1, -0.05) is 19.3 Å². The largest absolute Gasteiger partial charge is 0.325 e. The Kier molecular flexibility index (Phi) is 4.54. The van der Waals surface area contributed by atoms with Crippen LogP contribution in [0.25, 0.3) is 0 Å². The van der Waals surface area contributed by atoms with Gasteiger partial charge in [0.25, 0.3) is 0 Å². The molecule has 0 spiro atoms. The third-order valence-electron chi connectivity index (χ3n) is 3.78. The van der Waals surface area contributed by atoms with Gasteiger partial charge >= 0.3 is 0 Å². The molecule has 1 saturated carbocycles.